The Morgan fingerprint density at radius 2 is 1.94 bits per heavy atom. The van der Waals surface area contributed by atoms with Gasteiger partial charge in [-0.1, -0.05) is 25.1 Å². The molecule has 0 unspecified atom stereocenters. The standard InChI is InChI=1S/C24H26F2N4O2/c1-3-21-19(15-29(17-11-12-17)24(31)27-4-2)23(30(28-21)18-8-6-5-7-9-18)32-22-13-10-16(25)14-20(22)26/h5-10,13-14,17H,3-4,11-12,15H2,1-2H3,(H,27,31). The van der Waals surface area contributed by atoms with Gasteiger partial charge in [-0.3, -0.25) is 0 Å². The number of carbonyl (C=O) groups excluding carboxylic acids is 1. The van der Waals surface area contributed by atoms with Crippen molar-refractivity contribution in [3.05, 3.63) is 71.4 Å². The number of nitrogens with one attached hydrogen (secondary N) is 1. The number of aromatic nitrogens is 2. The third kappa shape index (κ3) is 4.59. The number of para-hydroxylation sites is 1. The number of hydrogen-bond acceptors (Lipinski definition) is 3. The second-order valence-corrected chi connectivity index (χ2v) is 7.70. The van der Waals surface area contributed by atoms with Crippen molar-refractivity contribution >= 4 is 6.03 Å². The third-order valence-electron chi connectivity index (χ3n) is 5.36. The van der Waals surface area contributed by atoms with Gasteiger partial charge >= 0.3 is 6.03 Å². The van der Waals surface area contributed by atoms with Crippen molar-refractivity contribution in [3.8, 4) is 17.3 Å². The van der Waals surface area contributed by atoms with E-state index in [1.165, 1.54) is 6.07 Å². The summed E-state index contributed by atoms with van der Waals surface area (Å²) in [6.07, 6.45) is 2.48. The maximum Gasteiger partial charge on any atom is 0.317 e. The summed E-state index contributed by atoms with van der Waals surface area (Å²) in [6.45, 7) is 4.65. The summed E-state index contributed by atoms with van der Waals surface area (Å²) in [5.41, 5.74) is 2.20. The Labute approximate surface area is 185 Å². The van der Waals surface area contributed by atoms with Crippen LogP contribution in [0.2, 0.25) is 0 Å². The Bertz CT molecular complexity index is 1100. The van der Waals surface area contributed by atoms with E-state index in [0.717, 1.165) is 36.4 Å². The lowest BCUT2D eigenvalue weighted by atomic mass is 10.2. The summed E-state index contributed by atoms with van der Waals surface area (Å²) in [7, 11) is 0. The Morgan fingerprint density at radius 3 is 2.56 bits per heavy atom. The van der Waals surface area contributed by atoms with Gasteiger partial charge in [0.25, 0.3) is 0 Å². The fourth-order valence-corrected chi connectivity index (χ4v) is 3.61. The Morgan fingerprint density at radius 1 is 1.19 bits per heavy atom. The molecule has 0 saturated heterocycles. The van der Waals surface area contributed by atoms with Crippen LogP contribution in [0.5, 0.6) is 11.6 Å². The molecule has 3 aromatic rings. The zero-order chi connectivity index (χ0) is 22.7. The predicted molar refractivity (Wildman–Crippen MR) is 117 cm³/mol. The summed E-state index contributed by atoms with van der Waals surface area (Å²) in [5, 5.41) is 7.58. The van der Waals surface area contributed by atoms with Gasteiger partial charge in [0.05, 0.1) is 23.5 Å². The van der Waals surface area contributed by atoms with E-state index in [9.17, 15) is 13.6 Å². The highest BCUT2D eigenvalue weighted by Gasteiger charge is 2.35. The summed E-state index contributed by atoms with van der Waals surface area (Å²) in [6, 6.07) is 12.6. The number of amides is 2. The fraction of sp³-hybridized carbons (Fsp3) is 0.333. The quantitative estimate of drug-likeness (QED) is 0.524. The van der Waals surface area contributed by atoms with Crippen molar-refractivity contribution in [1.29, 1.82) is 0 Å². The van der Waals surface area contributed by atoms with E-state index in [1.54, 1.807) is 9.58 Å². The molecule has 0 spiro atoms. The van der Waals surface area contributed by atoms with Gasteiger partial charge in [-0.2, -0.15) is 5.10 Å². The number of carbonyl (C=O) groups is 1. The lowest BCUT2D eigenvalue weighted by molar-refractivity contribution is 0.192. The molecule has 168 valence electrons. The number of aryl methyl sites for hydroxylation is 1. The molecule has 1 aromatic heterocycles. The monoisotopic (exact) mass is 440 g/mol. The van der Waals surface area contributed by atoms with Crippen LogP contribution < -0.4 is 10.1 Å². The largest absolute Gasteiger partial charge is 0.435 e. The number of halogens is 2. The fourth-order valence-electron chi connectivity index (χ4n) is 3.61. The van der Waals surface area contributed by atoms with Crippen molar-refractivity contribution in [3.63, 3.8) is 0 Å². The molecule has 6 nitrogen and oxygen atoms in total. The molecule has 1 aliphatic carbocycles. The topological polar surface area (TPSA) is 59.4 Å². The molecule has 8 heteroatoms. The maximum absolute atomic E-state index is 14.5. The summed E-state index contributed by atoms with van der Waals surface area (Å²) >= 11 is 0. The number of ether oxygens (including phenoxy) is 1. The van der Waals surface area contributed by atoms with E-state index < -0.39 is 11.6 Å². The van der Waals surface area contributed by atoms with Gasteiger partial charge in [-0.15, -0.1) is 0 Å². The van der Waals surface area contributed by atoms with Gasteiger partial charge < -0.3 is 15.0 Å². The minimum atomic E-state index is -0.808. The van der Waals surface area contributed by atoms with Gasteiger partial charge in [-0.05, 0) is 50.5 Å². The molecule has 0 atom stereocenters. The molecule has 0 bridgehead atoms. The normalized spacial score (nSPS) is 13.1. The van der Waals surface area contributed by atoms with E-state index in [-0.39, 0.29) is 24.4 Å². The molecule has 0 radical (unpaired) electrons. The average molecular weight is 440 g/mol. The second kappa shape index (κ2) is 9.38. The van der Waals surface area contributed by atoms with Crippen LogP contribution in [0.25, 0.3) is 5.69 Å². The summed E-state index contributed by atoms with van der Waals surface area (Å²) in [5.74, 6) is -1.29. The number of urea groups is 1. The Hall–Kier alpha value is -3.42. The van der Waals surface area contributed by atoms with Crippen LogP contribution in [0.3, 0.4) is 0 Å². The number of benzene rings is 2. The van der Waals surface area contributed by atoms with Crippen LogP contribution in [0.4, 0.5) is 13.6 Å². The molecule has 1 N–H and O–H groups in total. The summed E-state index contributed by atoms with van der Waals surface area (Å²) < 4.78 is 35.5. The highest BCUT2D eigenvalue weighted by Crippen LogP contribution is 2.36. The lowest BCUT2D eigenvalue weighted by Gasteiger charge is -2.23. The van der Waals surface area contributed by atoms with Crippen LogP contribution in [-0.4, -0.2) is 33.3 Å². The molecule has 0 aliphatic heterocycles. The molecular weight excluding hydrogens is 414 g/mol. The highest BCUT2D eigenvalue weighted by atomic mass is 19.1. The van der Waals surface area contributed by atoms with E-state index >= 15 is 0 Å². The molecule has 1 aliphatic rings. The van der Waals surface area contributed by atoms with Crippen LogP contribution >= 0.6 is 0 Å². The van der Waals surface area contributed by atoms with E-state index in [0.29, 0.717) is 24.4 Å². The molecule has 2 amide bonds. The highest BCUT2D eigenvalue weighted by molar-refractivity contribution is 5.75. The maximum atomic E-state index is 14.5. The molecule has 1 saturated carbocycles. The molecule has 2 aromatic carbocycles. The smallest absolute Gasteiger partial charge is 0.317 e. The number of hydrogen-bond donors (Lipinski definition) is 1. The number of nitrogens with zero attached hydrogens (tertiary/aromatic N) is 3. The first kappa shape index (κ1) is 21.8. The van der Waals surface area contributed by atoms with Gasteiger partial charge in [0.15, 0.2) is 11.6 Å². The number of rotatable bonds is 8. The first-order valence-electron chi connectivity index (χ1n) is 10.8. The molecule has 1 heterocycles. The van der Waals surface area contributed by atoms with Crippen molar-refractivity contribution < 1.29 is 18.3 Å². The molecule has 32 heavy (non-hydrogen) atoms. The van der Waals surface area contributed by atoms with Gasteiger partial charge in [-0.25, -0.2) is 18.3 Å². The van der Waals surface area contributed by atoms with Crippen LogP contribution in [0.1, 0.15) is 37.9 Å². The van der Waals surface area contributed by atoms with Crippen LogP contribution in [0, 0.1) is 11.6 Å². The Kier molecular flexibility index (Phi) is 6.39. The lowest BCUT2D eigenvalue weighted by Crippen LogP contribution is -2.41. The second-order valence-electron chi connectivity index (χ2n) is 7.70. The molecule has 1 fully saturated rings. The van der Waals surface area contributed by atoms with Crippen molar-refractivity contribution in [2.24, 2.45) is 0 Å². The summed E-state index contributed by atoms with van der Waals surface area (Å²) in [4.78, 5) is 14.5. The van der Waals surface area contributed by atoms with Gasteiger partial charge in [0.1, 0.15) is 5.82 Å². The first-order valence-corrected chi connectivity index (χ1v) is 10.8. The molecule has 4 rings (SSSR count). The average Bonchev–Trinajstić information content (AvgIpc) is 3.57. The SMILES string of the molecule is CCNC(=O)N(Cc1c(CC)nn(-c2ccccc2)c1Oc1ccc(F)cc1F)C1CC1. The van der Waals surface area contributed by atoms with Crippen LogP contribution in [-0.2, 0) is 13.0 Å². The van der Waals surface area contributed by atoms with E-state index in [2.05, 4.69) is 5.32 Å². The van der Waals surface area contributed by atoms with Gasteiger partial charge in [0.2, 0.25) is 5.88 Å². The minimum absolute atomic E-state index is 0.108. The van der Waals surface area contributed by atoms with Crippen molar-refractivity contribution in [1.82, 2.24) is 20.0 Å². The van der Waals surface area contributed by atoms with Crippen molar-refractivity contribution in [2.75, 3.05) is 6.54 Å². The Balaban J connectivity index is 1.80. The van der Waals surface area contributed by atoms with E-state index in [1.807, 2.05) is 44.2 Å². The van der Waals surface area contributed by atoms with Gasteiger partial charge in [0, 0.05) is 18.7 Å². The predicted octanol–water partition coefficient (Wildman–Crippen LogP) is 5.20. The zero-order valence-electron chi connectivity index (χ0n) is 18.1. The third-order valence-corrected chi connectivity index (χ3v) is 5.36. The minimum Gasteiger partial charge on any atom is -0.435 e. The van der Waals surface area contributed by atoms with E-state index in [4.69, 9.17) is 9.84 Å². The first-order chi connectivity index (χ1) is 15.5. The van der Waals surface area contributed by atoms with Crippen molar-refractivity contribution in [2.45, 2.75) is 45.7 Å². The van der Waals surface area contributed by atoms with Crippen LogP contribution in [0.15, 0.2) is 48.5 Å². The molecular formula is C24H26F2N4O2. The zero-order valence-corrected chi connectivity index (χ0v) is 18.1.